The number of nitrogens with zero attached hydrogens (tertiary/aromatic N) is 2. The molecule has 3 rings (SSSR count). The van der Waals surface area contributed by atoms with Gasteiger partial charge in [0.1, 0.15) is 5.75 Å². The number of sulfonamides is 1. The Bertz CT molecular complexity index is 1150. The third-order valence-electron chi connectivity index (χ3n) is 4.50. The number of carbonyl (C=O) groups excluding carboxylic acids is 1. The predicted molar refractivity (Wildman–Crippen MR) is 120 cm³/mol. The molecule has 0 atom stereocenters. The van der Waals surface area contributed by atoms with Gasteiger partial charge < -0.3 is 10.1 Å². The highest BCUT2D eigenvalue weighted by atomic mass is 32.2. The van der Waals surface area contributed by atoms with E-state index >= 15 is 0 Å². The molecule has 0 aliphatic rings. The van der Waals surface area contributed by atoms with E-state index < -0.39 is 10.0 Å². The minimum absolute atomic E-state index is 0.107. The second kappa shape index (κ2) is 9.11. The Labute approximate surface area is 180 Å². The van der Waals surface area contributed by atoms with Gasteiger partial charge in [0.15, 0.2) is 0 Å². The number of carbonyl (C=O) groups is 1. The number of aromatic nitrogens is 1. The molecule has 160 valence electrons. The van der Waals surface area contributed by atoms with E-state index in [1.54, 1.807) is 43.6 Å². The van der Waals surface area contributed by atoms with Crippen molar-refractivity contribution in [2.24, 2.45) is 0 Å². The Kier molecular flexibility index (Phi) is 6.74. The number of nitrogens with one attached hydrogen (secondary N) is 1. The van der Waals surface area contributed by atoms with Crippen molar-refractivity contribution in [2.75, 3.05) is 18.4 Å². The second-order valence-electron chi connectivity index (χ2n) is 6.90. The van der Waals surface area contributed by atoms with Crippen molar-refractivity contribution in [1.29, 1.82) is 0 Å². The van der Waals surface area contributed by atoms with Crippen molar-refractivity contribution in [3.63, 3.8) is 0 Å². The van der Waals surface area contributed by atoms with E-state index in [9.17, 15) is 13.2 Å². The first-order valence-corrected chi connectivity index (χ1v) is 12.0. The summed E-state index contributed by atoms with van der Waals surface area (Å²) in [5.41, 5.74) is 3.32. The fraction of sp³-hybridized carbons (Fsp3) is 0.333. The molecule has 0 fully saturated rings. The summed E-state index contributed by atoms with van der Waals surface area (Å²) in [5.74, 6) is 0.0620. The molecule has 7 nitrogen and oxygen atoms in total. The van der Waals surface area contributed by atoms with Crippen LogP contribution in [-0.2, 0) is 10.0 Å². The van der Waals surface area contributed by atoms with Gasteiger partial charge in [-0.15, -0.1) is 11.3 Å². The third kappa shape index (κ3) is 4.63. The molecular formula is C21H25N3O4S2. The lowest BCUT2D eigenvalue weighted by Crippen LogP contribution is -2.30. The lowest BCUT2D eigenvalue weighted by molar-refractivity contribution is 0.102. The molecule has 3 aromatic rings. The lowest BCUT2D eigenvalue weighted by atomic mass is 10.2. The van der Waals surface area contributed by atoms with Crippen molar-refractivity contribution < 1.29 is 17.9 Å². The van der Waals surface area contributed by atoms with Crippen LogP contribution in [0.4, 0.5) is 5.69 Å². The Morgan fingerprint density at radius 3 is 2.57 bits per heavy atom. The molecule has 1 N–H and O–H groups in total. The summed E-state index contributed by atoms with van der Waals surface area (Å²) in [6, 6.07) is 9.78. The maximum atomic E-state index is 12.9. The first kappa shape index (κ1) is 22.2. The molecule has 0 bridgehead atoms. The van der Waals surface area contributed by atoms with Gasteiger partial charge in [-0.2, -0.15) is 4.31 Å². The molecule has 0 radical (unpaired) electrons. The van der Waals surface area contributed by atoms with Gasteiger partial charge in [-0.1, -0.05) is 13.8 Å². The monoisotopic (exact) mass is 447 g/mol. The molecule has 0 saturated heterocycles. The van der Waals surface area contributed by atoms with Gasteiger partial charge in [0.2, 0.25) is 10.0 Å². The summed E-state index contributed by atoms with van der Waals surface area (Å²) in [7, 11) is -3.67. The maximum absolute atomic E-state index is 12.9. The van der Waals surface area contributed by atoms with Crippen LogP contribution in [0.1, 0.15) is 38.1 Å². The summed E-state index contributed by atoms with van der Waals surface area (Å²) in [4.78, 5) is 17.2. The van der Waals surface area contributed by atoms with Crippen LogP contribution >= 0.6 is 11.3 Å². The van der Waals surface area contributed by atoms with Crippen LogP contribution in [-0.4, -0.2) is 42.8 Å². The summed E-state index contributed by atoms with van der Waals surface area (Å²) < 4.78 is 33.9. The van der Waals surface area contributed by atoms with Gasteiger partial charge in [0.05, 0.1) is 32.4 Å². The number of hydrogen-bond acceptors (Lipinski definition) is 6. The molecular weight excluding hydrogens is 422 g/mol. The van der Waals surface area contributed by atoms with Crippen LogP contribution in [0.3, 0.4) is 0 Å². The minimum Gasteiger partial charge on any atom is -0.489 e. The number of benzene rings is 2. The smallest absolute Gasteiger partial charge is 0.255 e. The van der Waals surface area contributed by atoms with Gasteiger partial charge in [-0.3, -0.25) is 4.79 Å². The van der Waals surface area contributed by atoms with Crippen LogP contribution in [0.25, 0.3) is 10.2 Å². The van der Waals surface area contributed by atoms with Crippen molar-refractivity contribution >= 4 is 43.2 Å². The van der Waals surface area contributed by atoms with Gasteiger partial charge in [0.25, 0.3) is 5.91 Å². The first-order chi connectivity index (χ1) is 14.3. The standard InChI is InChI=1S/C21H25N3O4S2/c1-5-24(6-2)30(26,27)16-8-10-19(28-14(3)4)18(12-16)23-21(25)15-7-9-17-20(11-15)29-13-22-17/h7-14H,5-6H2,1-4H3,(H,23,25). The summed E-state index contributed by atoms with van der Waals surface area (Å²) >= 11 is 1.45. The quantitative estimate of drug-likeness (QED) is 0.554. The molecule has 1 amide bonds. The minimum atomic E-state index is -3.67. The normalized spacial score (nSPS) is 11.9. The Hall–Kier alpha value is -2.49. The van der Waals surface area contributed by atoms with Crippen molar-refractivity contribution in [1.82, 2.24) is 9.29 Å². The highest BCUT2D eigenvalue weighted by Gasteiger charge is 2.24. The molecule has 1 heterocycles. The maximum Gasteiger partial charge on any atom is 0.255 e. The second-order valence-corrected chi connectivity index (χ2v) is 9.73. The van der Waals surface area contributed by atoms with Gasteiger partial charge in [-0.25, -0.2) is 13.4 Å². The molecule has 2 aromatic carbocycles. The number of thiazole rings is 1. The fourth-order valence-electron chi connectivity index (χ4n) is 3.03. The molecule has 0 saturated carbocycles. The SMILES string of the molecule is CCN(CC)S(=O)(=O)c1ccc(OC(C)C)c(NC(=O)c2ccc3ncsc3c2)c1. The van der Waals surface area contributed by atoms with Crippen LogP contribution in [0.2, 0.25) is 0 Å². The number of anilines is 1. The molecule has 30 heavy (non-hydrogen) atoms. The molecule has 0 aliphatic carbocycles. The van der Waals surface area contributed by atoms with Crippen LogP contribution in [0.5, 0.6) is 5.75 Å². The average molecular weight is 448 g/mol. The molecule has 1 aromatic heterocycles. The molecule has 0 unspecified atom stereocenters. The largest absolute Gasteiger partial charge is 0.489 e. The fourth-order valence-corrected chi connectivity index (χ4v) is 5.23. The van der Waals surface area contributed by atoms with Gasteiger partial charge in [-0.05, 0) is 50.2 Å². The lowest BCUT2D eigenvalue weighted by Gasteiger charge is -2.20. The van der Waals surface area contributed by atoms with E-state index in [-0.39, 0.29) is 16.9 Å². The van der Waals surface area contributed by atoms with Crippen molar-refractivity contribution in [3.05, 3.63) is 47.5 Å². The van der Waals surface area contributed by atoms with E-state index in [0.717, 1.165) is 10.2 Å². The highest BCUT2D eigenvalue weighted by Crippen LogP contribution is 2.31. The molecule has 0 aliphatic heterocycles. The van der Waals surface area contributed by atoms with E-state index in [1.165, 1.54) is 27.8 Å². The Morgan fingerprint density at radius 1 is 1.17 bits per heavy atom. The summed E-state index contributed by atoms with van der Waals surface area (Å²) in [6.07, 6.45) is -0.139. The van der Waals surface area contributed by atoms with E-state index in [4.69, 9.17) is 4.74 Å². The Morgan fingerprint density at radius 2 is 1.90 bits per heavy atom. The summed E-state index contributed by atoms with van der Waals surface area (Å²) in [5, 5.41) is 2.81. The zero-order valence-corrected chi connectivity index (χ0v) is 19.0. The number of ether oxygens (including phenoxy) is 1. The highest BCUT2D eigenvalue weighted by molar-refractivity contribution is 7.89. The summed E-state index contributed by atoms with van der Waals surface area (Å²) in [6.45, 7) is 8.03. The number of hydrogen-bond donors (Lipinski definition) is 1. The predicted octanol–water partition coefficient (Wildman–Crippen LogP) is 4.37. The molecule has 0 spiro atoms. The van der Waals surface area contributed by atoms with Crippen molar-refractivity contribution in [3.8, 4) is 5.75 Å². The zero-order valence-electron chi connectivity index (χ0n) is 17.4. The van der Waals surface area contributed by atoms with E-state index in [0.29, 0.717) is 30.1 Å². The van der Waals surface area contributed by atoms with Crippen molar-refractivity contribution in [2.45, 2.75) is 38.7 Å². The number of rotatable bonds is 8. The van der Waals surface area contributed by atoms with Crippen LogP contribution in [0, 0.1) is 0 Å². The van der Waals surface area contributed by atoms with Gasteiger partial charge in [0, 0.05) is 18.7 Å². The molecule has 9 heteroatoms. The Balaban J connectivity index is 1.98. The van der Waals surface area contributed by atoms with E-state index in [1.807, 2.05) is 13.8 Å². The first-order valence-electron chi connectivity index (χ1n) is 9.71. The third-order valence-corrected chi connectivity index (χ3v) is 7.34. The topological polar surface area (TPSA) is 88.6 Å². The zero-order chi connectivity index (χ0) is 21.9. The van der Waals surface area contributed by atoms with Crippen LogP contribution in [0.15, 0.2) is 46.8 Å². The number of fused-ring (bicyclic) bond motifs is 1. The number of amides is 1. The van der Waals surface area contributed by atoms with E-state index in [2.05, 4.69) is 10.3 Å². The average Bonchev–Trinajstić information content (AvgIpc) is 3.17. The van der Waals surface area contributed by atoms with Crippen LogP contribution < -0.4 is 10.1 Å². The van der Waals surface area contributed by atoms with Gasteiger partial charge >= 0.3 is 0 Å².